The highest BCUT2D eigenvalue weighted by Gasteiger charge is 2.17. The summed E-state index contributed by atoms with van der Waals surface area (Å²) >= 11 is 0. The Balaban J connectivity index is 2.35. The zero-order chi connectivity index (χ0) is 8.55. The monoisotopic (exact) mass is 164 g/mol. The number of hydrogen-bond donors (Lipinski definition) is 1. The molecule has 0 atom stereocenters. The minimum absolute atomic E-state index is 0.428. The van der Waals surface area contributed by atoms with Crippen LogP contribution in [0.1, 0.15) is 17.1 Å². The van der Waals surface area contributed by atoms with Crippen molar-refractivity contribution in [2.45, 2.75) is 19.6 Å². The van der Waals surface area contributed by atoms with E-state index in [1.807, 2.05) is 6.20 Å². The van der Waals surface area contributed by atoms with Gasteiger partial charge in [0, 0.05) is 24.8 Å². The third-order valence-electron chi connectivity index (χ3n) is 2.05. The molecule has 0 amide bonds. The molecule has 0 bridgehead atoms. The van der Waals surface area contributed by atoms with E-state index in [0.29, 0.717) is 6.54 Å². The van der Waals surface area contributed by atoms with Gasteiger partial charge in [0.1, 0.15) is 5.82 Å². The van der Waals surface area contributed by atoms with Crippen molar-refractivity contribution < 1.29 is 0 Å². The summed E-state index contributed by atoms with van der Waals surface area (Å²) in [6.07, 6.45) is 1.88. The molecular weight excluding hydrogens is 152 g/mol. The minimum atomic E-state index is 0.428. The van der Waals surface area contributed by atoms with Crippen LogP contribution in [0, 0.1) is 0 Å². The molecule has 2 N–H and O–H groups in total. The molecule has 1 aliphatic heterocycles. The van der Waals surface area contributed by atoms with E-state index < -0.39 is 0 Å². The molecule has 2 rings (SSSR count). The number of rotatable bonds is 1. The number of fused-ring (bicyclic) bond motifs is 1. The molecule has 4 heteroatoms. The average Bonchev–Trinajstić information content (AvgIpc) is 2.43. The van der Waals surface area contributed by atoms with Gasteiger partial charge in [-0.2, -0.15) is 0 Å². The van der Waals surface area contributed by atoms with Gasteiger partial charge in [-0.15, -0.1) is 0 Å². The standard InChI is InChI=1S/C8H12N4/c1-12-4-6-3-10-8(2-9)11-7(6)5-12/h3H,2,4-5,9H2,1H3. The van der Waals surface area contributed by atoms with E-state index in [4.69, 9.17) is 5.73 Å². The Kier molecular flexibility index (Phi) is 1.78. The summed E-state index contributed by atoms with van der Waals surface area (Å²) in [5, 5.41) is 0. The molecule has 2 heterocycles. The Morgan fingerprint density at radius 2 is 2.42 bits per heavy atom. The lowest BCUT2D eigenvalue weighted by Gasteiger charge is -2.01. The fraction of sp³-hybridized carbons (Fsp3) is 0.500. The fourth-order valence-corrected chi connectivity index (χ4v) is 1.45. The average molecular weight is 164 g/mol. The molecule has 0 radical (unpaired) electrons. The van der Waals surface area contributed by atoms with Crippen molar-refractivity contribution >= 4 is 0 Å². The number of nitrogens with two attached hydrogens (primary N) is 1. The van der Waals surface area contributed by atoms with Crippen molar-refractivity contribution in [1.29, 1.82) is 0 Å². The topological polar surface area (TPSA) is 55.0 Å². The second-order valence-corrected chi connectivity index (χ2v) is 3.13. The summed E-state index contributed by atoms with van der Waals surface area (Å²) in [6.45, 7) is 2.31. The van der Waals surface area contributed by atoms with Crippen molar-refractivity contribution in [1.82, 2.24) is 14.9 Å². The lowest BCUT2D eigenvalue weighted by atomic mass is 10.3. The Morgan fingerprint density at radius 3 is 3.17 bits per heavy atom. The van der Waals surface area contributed by atoms with Crippen LogP contribution in [-0.2, 0) is 19.6 Å². The maximum absolute atomic E-state index is 5.44. The molecule has 0 spiro atoms. The third kappa shape index (κ3) is 1.19. The molecule has 0 fully saturated rings. The molecular formula is C8H12N4. The van der Waals surface area contributed by atoms with Crippen LogP contribution < -0.4 is 5.73 Å². The van der Waals surface area contributed by atoms with Crippen LogP contribution in [0.15, 0.2) is 6.20 Å². The van der Waals surface area contributed by atoms with Gasteiger partial charge in [-0.1, -0.05) is 0 Å². The molecule has 0 aliphatic carbocycles. The summed E-state index contributed by atoms with van der Waals surface area (Å²) < 4.78 is 0. The summed E-state index contributed by atoms with van der Waals surface area (Å²) in [5.41, 5.74) is 7.80. The van der Waals surface area contributed by atoms with E-state index in [1.54, 1.807) is 0 Å². The highest BCUT2D eigenvalue weighted by molar-refractivity contribution is 5.21. The van der Waals surface area contributed by atoms with Crippen LogP contribution in [0.2, 0.25) is 0 Å². The molecule has 1 aromatic heterocycles. The summed E-state index contributed by atoms with van der Waals surface area (Å²) in [4.78, 5) is 10.7. The largest absolute Gasteiger partial charge is 0.324 e. The third-order valence-corrected chi connectivity index (χ3v) is 2.05. The van der Waals surface area contributed by atoms with Crippen LogP contribution in [-0.4, -0.2) is 21.9 Å². The maximum Gasteiger partial charge on any atom is 0.142 e. The van der Waals surface area contributed by atoms with Crippen LogP contribution in [0.5, 0.6) is 0 Å². The Labute approximate surface area is 71.4 Å². The van der Waals surface area contributed by atoms with Crippen molar-refractivity contribution in [2.24, 2.45) is 5.73 Å². The first kappa shape index (κ1) is 7.64. The van der Waals surface area contributed by atoms with Crippen LogP contribution in [0.4, 0.5) is 0 Å². The maximum atomic E-state index is 5.44. The van der Waals surface area contributed by atoms with E-state index in [0.717, 1.165) is 24.6 Å². The van der Waals surface area contributed by atoms with E-state index in [1.165, 1.54) is 5.56 Å². The van der Waals surface area contributed by atoms with E-state index >= 15 is 0 Å². The second kappa shape index (κ2) is 2.80. The lowest BCUT2D eigenvalue weighted by Crippen LogP contribution is -2.08. The molecule has 0 aromatic carbocycles. The summed E-state index contributed by atoms with van der Waals surface area (Å²) in [7, 11) is 2.07. The predicted molar refractivity (Wildman–Crippen MR) is 45.1 cm³/mol. The van der Waals surface area contributed by atoms with Crippen LogP contribution >= 0.6 is 0 Å². The zero-order valence-corrected chi connectivity index (χ0v) is 7.12. The van der Waals surface area contributed by atoms with Crippen LogP contribution in [0.3, 0.4) is 0 Å². The van der Waals surface area contributed by atoms with Gasteiger partial charge >= 0.3 is 0 Å². The van der Waals surface area contributed by atoms with E-state index in [9.17, 15) is 0 Å². The summed E-state index contributed by atoms with van der Waals surface area (Å²) in [6, 6.07) is 0. The Bertz CT molecular complexity index is 297. The van der Waals surface area contributed by atoms with Gasteiger partial charge in [0.15, 0.2) is 0 Å². The Morgan fingerprint density at radius 1 is 1.58 bits per heavy atom. The molecule has 1 aliphatic rings. The number of hydrogen-bond acceptors (Lipinski definition) is 4. The zero-order valence-electron chi connectivity index (χ0n) is 7.12. The first-order valence-corrected chi connectivity index (χ1v) is 4.02. The van der Waals surface area contributed by atoms with Gasteiger partial charge in [0.2, 0.25) is 0 Å². The van der Waals surface area contributed by atoms with E-state index in [2.05, 4.69) is 21.9 Å². The molecule has 1 aromatic rings. The van der Waals surface area contributed by atoms with Gasteiger partial charge in [-0.05, 0) is 7.05 Å². The van der Waals surface area contributed by atoms with Gasteiger partial charge in [-0.25, -0.2) is 9.97 Å². The predicted octanol–water partition coefficient (Wildman–Crippen LogP) is -0.119. The smallest absolute Gasteiger partial charge is 0.142 e. The van der Waals surface area contributed by atoms with Gasteiger partial charge in [0.25, 0.3) is 0 Å². The van der Waals surface area contributed by atoms with Crippen molar-refractivity contribution in [2.75, 3.05) is 7.05 Å². The van der Waals surface area contributed by atoms with Crippen molar-refractivity contribution in [3.05, 3.63) is 23.3 Å². The van der Waals surface area contributed by atoms with Gasteiger partial charge in [-0.3, -0.25) is 4.90 Å². The second-order valence-electron chi connectivity index (χ2n) is 3.13. The molecule has 12 heavy (non-hydrogen) atoms. The molecule has 0 saturated carbocycles. The molecule has 0 saturated heterocycles. The minimum Gasteiger partial charge on any atom is -0.324 e. The summed E-state index contributed by atoms with van der Waals surface area (Å²) in [5.74, 6) is 0.740. The van der Waals surface area contributed by atoms with Crippen molar-refractivity contribution in [3.63, 3.8) is 0 Å². The fourth-order valence-electron chi connectivity index (χ4n) is 1.45. The highest BCUT2D eigenvalue weighted by Crippen LogP contribution is 2.17. The highest BCUT2D eigenvalue weighted by atomic mass is 15.1. The van der Waals surface area contributed by atoms with E-state index in [-0.39, 0.29) is 0 Å². The van der Waals surface area contributed by atoms with Crippen LogP contribution in [0.25, 0.3) is 0 Å². The SMILES string of the molecule is CN1Cc2cnc(CN)nc2C1. The van der Waals surface area contributed by atoms with Crippen molar-refractivity contribution in [3.8, 4) is 0 Å². The van der Waals surface area contributed by atoms with Gasteiger partial charge in [0.05, 0.1) is 12.2 Å². The first-order valence-electron chi connectivity index (χ1n) is 4.02. The first-order chi connectivity index (χ1) is 5.79. The van der Waals surface area contributed by atoms with Gasteiger partial charge < -0.3 is 5.73 Å². The lowest BCUT2D eigenvalue weighted by molar-refractivity contribution is 0.351. The Hall–Kier alpha value is -1.00. The normalized spacial score (nSPS) is 16.5. The molecule has 4 nitrogen and oxygen atoms in total. The quantitative estimate of drug-likeness (QED) is 0.628. The molecule has 0 unspecified atom stereocenters. The molecule has 64 valence electrons. The number of aromatic nitrogens is 2. The number of nitrogens with zero attached hydrogens (tertiary/aromatic N) is 3.